The average Bonchev–Trinajstić information content (AvgIpc) is 2.40. The van der Waals surface area contributed by atoms with Gasteiger partial charge < -0.3 is 9.80 Å². The highest BCUT2D eigenvalue weighted by Gasteiger charge is 2.23. The molecule has 18 heavy (non-hydrogen) atoms. The van der Waals surface area contributed by atoms with Crippen molar-refractivity contribution < 1.29 is 14.5 Å². The van der Waals surface area contributed by atoms with Crippen molar-refractivity contribution in [1.29, 1.82) is 0 Å². The molecule has 1 fully saturated rings. The van der Waals surface area contributed by atoms with Crippen molar-refractivity contribution in [2.45, 2.75) is 6.92 Å². The highest BCUT2D eigenvalue weighted by atomic mass is 16.2. The Bertz CT molecular complexity index is 423. The summed E-state index contributed by atoms with van der Waals surface area (Å²) in [7, 11) is 0. The molecule has 4 nitrogen and oxygen atoms in total. The molecule has 0 saturated carbocycles. The fourth-order valence-electron chi connectivity index (χ4n) is 2.27. The van der Waals surface area contributed by atoms with Gasteiger partial charge in [0.25, 0.3) is 0 Å². The van der Waals surface area contributed by atoms with Gasteiger partial charge in [0, 0.05) is 12.5 Å². The van der Waals surface area contributed by atoms with E-state index in [1.54, 1.807) is 6.92 Å². The Morgan fingerprint density at radius 3 is 2.33 bits per heavy atom. The largest absolute Gasteiger partial charge is 0.332 e. The molecule has 0 aliphatic carbocycles. The lowest BCUT2D eigenvalue weighted by atomic mass is 10.1. The van der Waals surface area contributed by atoms with E-state index in [4.69, 9.17) is 0 Å². The Morgan fingerprint density at radius 1 is 1.17 bits per heavy atom. The maximum atomic E-state index is 12.0. The van der Waals surface area contributed by atoms with Crippen molar-refractivity contribution >= 4 is 11.7 Å². The lowest BCUT2D eigenvalue weighted by Crippen LogP contribution is -3.15. The number of hydrogen-bond acceptors (Lipinski definition) is 2. The van der Waals surface area contributed by atoms with Crippen LogP contribution in [-0.2, 0) is 4.79 Å². The summed E-state index contributed by atoms with van der Waals surface area (Å²) < 4.78 is 0. The van der Waals surface area contributed by atoms with Crippen LogP contribution >= 0.6 is 0 Å². The Morgan fingerprint density at radius 2 is 1.78 bits per heavy atom. The topological polar surface area (TPSA) is 41.8 Å². The molecule has 1 aliphatic rings. The smallest absolute Gasteiger partial charge is 0.219 e. The number of carbonyl (C=O) groups is 2. The predicted molar refractivity (Wildman–Crippen MR) is 68.6 cm³/mol. The fraction of sp³-hybridized carbons (Fsp3) is 0.429. The molecule has 0 unspecified atom stereocenters. The van der Waals surface area contributed by atoms with Crippen molar-refractivity contribution in [3.05, 3.63) is 35.9 Å². The first-order valence-corrected chi connectivity index (χ1v) is 6.34. The van der Waals surface area contributed by atoms with Crippen LogP contribution in [-0.4, -0.2) is 49.3 Å². The first-order chi connectivity index (χ1) is 8.66. The normalized spacial score (nSPS) is 16.6. The van der Waals surface area contributed by atoms with E-state index in [0.29, 0.717) is 6.54 Å². The minimum atomic E-state index is 0.128. The molecule has 1 saturated heterocycles. The van der Waals surface area contributed by atoms with Crippen LogP contribution in [0.3, 0.4) is 0 Å². The Kier molecular flexibility index (Phi) is 4.10. The van der Waals surface area contributed by atoms with Crippen molar-refractivity contribution in [1.82, 2.24) is 4.90 Å². The van der Waals surface area contributed by atoms with Gasteiger partial charge in [-0.15, -0.1) is 0 Å². The lowest BCUT2D eigenvalue weighted by Gasteiger charge is -2.31. The molecule has 0 atom stereocenters. The van der Waals surface area contributed by atoms with Gasteiger partial charge in [-0.2, -0.15) is 0 Å². The van der Waals surface area contributed by atoms with E-state index in [-0.39, 0.29) is 11.7 Å². The van der Waals surface area contributed by atoms with Crippen LogP contribution in [0.25, 0.3) is 0 Å². The Labute approximate surface area is 107 Å². The second-order valence-electron chi connectivity index (χ2n) is 4.72. The van der Waals surface area contributed by atoms with Gasteiger partial charge in [0.2, 0.25) is 11.7 Å². The van der Waals surface area contributed by atoms with Crippen LogP contribution < -0.4 is 4.90 Å². The molecule has 1 amide bonds. The third-order valence-electron chi connectivity index (χ3n) is 3.42. The van der Waals surface area contributed by atoms with E-state index in [1.807, 2.05) is 35.2 Å². The monoisotopic (exact) mass is 247 g/mol. The molecule has 0 aromatic heterocycles. The number of amides is 1. The number of ketones is 1. The van der Waals surface area contributed by atoms with Gasteiger partial charge in [0.1, 0.15) is 6.54 Å². The molecule has 1 aromatic rings. The van der Waals surface area contributed by atoms with Crippen LogP contribution in [0, 0.1) is 0 Å². The van der Waals surface area contributed by atoms with E-state index in [0.717, 1.165) is 31.7 Å². The molecule has 0 spiro atoms. The fourth-order valence-corrected chi connectivity index (χ4v) is 2.27. The molecule has 96 valence electrons. The quantitative estimate of drug-likeness (QED) is 0.740. The Balaban J connectivity index is 1.85. The summed E-state index contributed by atoms with van der Waals surface area (Å²) in [6, 6.07) is 9.39. The van der Waals surface area contributed by atoms with E-state index in [1.165, 1.54) is 4.90 Å². The summed E-state index contributed by atoms with van der Waals surface area (Å²) >= 11 is 0. The molecule has 1 aliphatic heterocycles. The van der Waals surface area contributed by atoms with Gasteiger partial charge in [-0.05, 0) is 0 Å². The van der Waals surface area contributed by atoms with Crippen LogP contribution in [0.4, 0.5) is 0 Å². The molecular weight excluding hydrogens is 228 g/mol. The third-order valence-corrected chi connectivity index (χ3v) is 3.42. The number of benzene rings is 1. The van der Waals surface area contributed by atoms with Gasteiger partial charge >= 0.3 is 0 Å². The van der Waals surface area contributed by atoms with Crippen LogP contribution in [0.5, 0.6) is 0 Å². The number of quaternary nitrogens is 1. The maximum Gasteiger partial charge on any atom is 0.219 e. The number of Topliss-reactive ketones (excluding diaryl/α,β-unsaturated/α-hetero) is 1. The van der Waals surface area contributed by atoms with Gasteiger partial charge in [-0.3, -0.25) is 9.59 Å². The van der Waals surface area contributed by atoms with E-state index in [9.17, 15) is 9.59 Å². The second-order valence-corrected chi connectivity index (χ2v) is 4.72. The van der Waals surface area contributed by atoms with Crippen molar-refractivity contribution in [2.24, 2.45) is 0 Å². The zero-order chi connectivity index (χ0) is 13.0. The minimum absolute atomic E-state index is 0.128. The van der Waals surface area contributed by atoms with Crippen molar-refractivity contribution in [3.8, 4) is 0 Å². The zero-order valence-corrected chi connectivity index (χ0v) is 10.7. The first-order valence-electron chi connectivity index (χ1n) is 6.34. The second kappa shape index (κ2) is 5.78. The summed E-state index contributed by atoms with van der Waals surface area (Å²) in [6.07, 6.45) is 0. The number of carbonyl (C=O) groups excluding carboxylic acids is 2. The number of nitrogens with zero attached hydrogens (tertiary/aromatic N) is 1. The van der Waals surface area contributed by atoms with Crippen molar-refractivity contribution in [2.75, 3.05) is 32.7 Å². The number of piperazine rings is 1. The SMILES string of the molecule is CC(=O)N1CC[NH+](CC(=O)c2ccccc2)CC1. The van der Waals surface area contributed by atoms with Gasteiger partial charge in [-0.1, -0.05) is 30.3 Å². The highest BCUT2D eigenvalue weighted by molar-refractivity contribution is 5.96. The molecule has 1 aromatic carbocycles. The van der Waals surface area contributed by atoms with Crippen molar-refractivity contribution in [3.63, 3.8) is 0 Å². The predicted octanol–water partition coefficient (Wildman–Crippen LogP) is -0.384. The Hall–Kier alpha value is -1.68. The molecule has 4 heteroatoms. The first kappa shape index (κ1) is 12.8. The lowest BCUT2D eigenvalue weighted by molar-refractivity contribution is -0.895. The average molecular weight is 247 g/mol. The number of nitrogens with one attached hydrogen (secondary N) is 1. The minimum Gasteiger partial charge on any atom is -0.332 e. The van der Waals surface area contributed by atoms with Crippen LogP contribution in [0.15, 0.2) is 30.3 Å². The molecule has 1 heterocycles. The van der Waals surface area contributed by atoms with E-state index < -0.39 is 0 Å². The molecule has 1 N–H and O–H groups in total. The van der Waals surface area contributed by atoms with Crippen LogP contribution in [0.1, 0.15) is 17.3 Å². The zero-order valence-electron chi connectivity index (χ0n) is 10.7. The molecule has 0 bridgehead atoms. The van der Waals surface area contributed by atoms with Crippen LogP contribution in [0.2, 0.25) is 0 Å². The third kappa shape index (κ3) is 3.17. The van der Waals surface area contributed by atoms with Gasteiger partial charge in [0.05, 0.1) is 26.2 Å². The van der Waals surface area contributed by atoms with Gasteiger partial charge in [0.15, 0.2) is 0 Å². The highest BCUT2D eigenvalue weighted by Crippen LogP contribution is 1.98. The van der Waals surface area contributed by atoms with Gasteiger partial charge in [-0.25, -0.2) is 0 Å². The summed E-state index contributed by atoms with van der Waals surface area (Å²) in [5.74, 6) is 0.310. The summed E-state index contributed by atoms with van der Waals surface area (Å²) in [4.78, 5) is 26.3. The van der Waals surface area contributed by atoms with E-state index in [2.05, 4.69) is 0 Å². The number of rotatable bonds is 3. The van der Waals surface area contributed by atoms with E-state index >= 15 is 0 Å². The summed E-state index contributed by atoms with van der Waals surface area (Å²) in [5.41, 5.74) is 0.777. The maximum absolute atomic E-state index is 12.0. The molecule has 2 rings (SSSR count). The summed E-state index contributed by atoms with van der Waals surface area (Å²) in [5, 5.41) is 0. The molecule has 0 radical (unpaired) electrons. The molecular formula is C14H19N2O2+. The standard InChI is InChI=1S/C14H18N2O2/c1-12(17)16-9-7-15(8-10-16)11-14(18)13-5-3-2-4-6-13/h2-6H,7-11H2,1H3/p+1. The summed E-state index contributed by atoms with van der Waals surface area (Å²) in [6.45, 7) is 5.35. The number of hydrogen-bond donors (Lipinski definition) is 1.